The molecule has 4 heteroatoms. The average Bonchev–Trinajstić information content (AvgIpc) is 2.21. The molecule has 0 fully saturated rings. The minimum Gasteiger partial charge on any atom is -0.235 e. The molecule has 0 saturated heterocycles. The summed E-state index contributed by atoms with van der Waals surface area (Å²) in [5, 5.41) is 0.714. The Kier molecular flexibility index (Phi) is 2.79. The molecule has 70 valence electrons. The fourth-order valence-electron chi connectivity index (χ4n) is 1.06. The highest BCUT2D eigenvalue weighted by atomic mass is 79.9. The van der Waals surface area contributed by atoms with E-state index in [1.54, 1.807) is 12.4 Å². The molecule has 14 heavy (non-hydrogen) atoms. The van der Waals surface area contributed by atoms with Gasteiger partial charge in [-0.25, -0.2) is 9.97 Å². The van der Waals surface area contributed by atoms with Gasteiger partial charge in [0.2, 0.25) is 0 Å². The van der Waals surface area contributed by atoms with Crippen LogP contribution in [-0.2, 0) is 0 Å². The third-order valence-corrected chi connectivity index (χ3v) is 2.38. The molecule has 0 saturated carbocycles. The van der Waals surface area contributed by atoms with E-state index >= 15 is 0 Å². The zero-order valence-corrected chi connectivity index (χ0v) is 9.46. The Morgan fingerprint density at radius 3 is 2.14 bits per heavy atom. The molecule has 2 nitrogen and oxygen atoms in total. The molecule has 2 rings (SSSR count). The van der Waals surface area contributed by atoms with Crippen molar-refractivity contribution in [2.45, 2.75) is 0 Å². The summed E-state index contributed by atoms with van der Waals surface area (Å²) in [6.07, 6.45) is 3.44. The van der Waals surface area contributed by atoms with E-state index in [2.05, 4.69) is 25.9 Å². The summed E-state index contributed by atoms with van der Waals surface area (Å²) in [5.41, 5.74) is 0.960. The summed E-state index contributed by atoms with van der Waals surface area (Å²) >= 11 is 9.06. The molecule has 0 aliphatic rings. The molecule has 1 aromatic heterocycles. The van der Waals surface area contributed by atoms with Crippen LogP contribution in [0.2, 0.25) is 5.02 Å². The first-order valence-corrected chi connectivity index (χ1v) is 5.16. The van der Waals surface area contributed by atoms with Crippen molar-refractivity contribution in [1.29, 1.82) is 0 Å². The molecule has 0 N–H and O–H groups in total. The van der Waals surface area contributed by atoms with Crippen molar-refractivity contribution in [2.75, 3.05) is 0 Å². The van der Waals surface area contributed by atoms with Gasteiger partial charge >= 0.3 is 0 Å². The zero-order chi connectivity index (χ0) is 9.97. The number of halogens is 2. The van der Waals surface area contributed by atoms with E-state index < -0.39 is 0 Å². The van der Waals surface area contributed by atoms with Crippen molar-refractivity contribution in [3.05, 3.63) is 46.2 Å². The highest BCUT2D eigenvalue weighted by Gasteiger charge is 1.99. The predicted octanol–water partition coefficient (Wildman–Crippen LogP) is 3.56. The summed E-state index contributed by atoms with van der Waals surface area (Å²) in [7, 11) is 0. The lowest BCUT2D eigenvalue weighted by molar-refractivity contribution is 1.16. The second kappa shape index (κ2) is 4.07. The van der Waals surface area contributed by atoms with Gasteiger partial charge in [-0.3, -0.25) is 0 Å². The molecule has 0 spiro atoms. The number of hydrogen-bond donors (Lipinski definition) is 0. The molecule has 0 bridgehead atoms. The smallest absolute Gasteiger partial charge is 0.159 e. The van der Waals surface area contributed by atoms with E-state index in [-0.39, 0.29) is 0 Å². The molecule has 0 radical (unpaired) electrons. The van der Waals surface area contributed by atoms with Crippen molar-refractivity contribution < 1.29 is 0 Å². The SMILES string of the molecule is Clc1ccc(-c2ncc(Br)cn2)cc1. The van der Waals surface area contributed by atoms with Crippen molar-refractivity contribution in [2.24, 2.45) is 0 Å². The maximum Gasteiger partial charge on any atom is 0.159 e. The quantitative estimate of drug-likeness (QED) is 0.791. The molecule has 0 amide bonds. The minimum atomic E-state index is 0.699. The van der Waals surface area contributed by atoms with Gasteiger partial charge in [0.1, 0.15) is 0 Å². The van der Waals surface area contributed by atoms with Gasteiger partial charge in [0.15, 0.2) is 5.82 Å². The molecule has 0 aliphatic heterocycles. The Morgan fingerprint density at radius 2 is 1.57 bits per heavy atom. The fraction of sp³-hybridized carbons (Fsp3) is 0. The first kappa shape index (κ1) is 9.62. The monoisotopic (exact) mass is 268 g/mol. The number of hydrogen-bond acceptors (Lipinski definition) is 2. The summed E-state index contributed by atoms with van der Waals surface area (Å²) < 4.78 is 0.871. The topological polar surface area (TPSA) is 25.8 Å². The molecule has 2 aromatic rings. The Balaban J connectivity index is 2.40. The van der Waals surface area contributed by atoms with Crippen LogP contribution >= 0.6 is 27.5 Å². The maximum atomic E-state index is 5.78. The third-order valence-electron chi connectivity index (χ3n) is 1.72. The lowest BCUT2D eigenvalue weighted by Gasteiger charge is -1.99. The number of nitrogens with zero attached hydrogens (tertiary/aromatic N) is 2. The maximum absolute atomic E-state index is 5.78. The van der Waals surface area contributed by atoms with E-state index in [0.717, 1.165) is 10.0 Å². The molecule has 0 unspecified atom stereocenters. The Labute approximate surface area is 95.1 Å². The van der Waals surface area contributed by atoms with Crippen molar-refractivity contribution in [3.63, 3.8) is 0 Å². The third kappa shape index (κ3) is 2.11. The molecular weight excluding hydrogens is 263 g/mol. The fourth-order valence-corrected chi connectivity index (χ4v) is 1.39. The molecular formula is C10H6BrClN2. The predicted molar refractivity (Wildman–Crippen MR) is 60.2 cm³/mol. The second-order valence-electron chi connectivity index (χ2n) is 2.73. The standard InChI is InChI=1S/C10H6BrClN2/c11-8-5-13-10(14-6-8)7-1-3-9(12)4-2-7/h1-6H. The zero-order valence-electron chi connectivity index (χ0n) is 7.11. The second-order valence-corrected chi connectivity index (χ2v) is 4.08. The Hall–Kier alpha value is -0.930. The minimum absolute atomic E-state index is 0.699. The van der Waals surface area contributed by atoms with Crippen LogP contribution in [-0.4, -0.2) is 9.97 Å². The van der Waals surface area contributed by atoms with Crippen LogP contribution in [0.1, 0.15) is 0 Å². The molecule has 1 heterocycles. The first-order chi connectivity index (χ1) is 6.75. The van der Waals surface area contributed by atoms with E-state index in [9.17, 15) is 0 Å². The highest BCUT2D eigenvalue weighted by Crippen LogP contribution is 2.18. The average molecular weight is 270 g/mol. The van der Waals surface area contributed by atoms with E-state index in [1.165, 1.54) is 0 Å². The van der Waals surface area contributed by atoms with Crippen LogP contribution in [0.15, 0.2) is 41.1 Å². The van der Waals surface area contributed by atoms with Crippen LogP contribution < -0.4 is 0 Å². The lowest BCUT2D eigenvalue weighted by atomic mass is 10.2. The van der Waals surface area contributed by atoms with Gasteiger partial charge < -0.3 is 0 Å². The van der Waals surface area contributed by atoms with Crippen LogP contribution in [0.3, 0.4) is 0 Å². The van der Waals surface area contributed by atoms with Crippen molar-refractivity contribution >= 4 is 27.5 Å². The van der Waals surface area contributed by atoms with E-state index in [1.807, 2.05) is 24.3 Å². The van der Waals surface area contributed by atoms with Gasteiger partial charge in [0, 0.05) is 23.0 Å². The van der Waals surface area contributed by atoms with Crippen molar-refractivity contribution in [1.82, 2.24) is 9.97 Å². The molecule has 1 aromatic carbocycles. The number of benzene rings is 1. The van der Waals surface area contributed by atoms with Gasteiger partial charge in [0.25, 0.3) is 0 Å². The van der Waals surface area contributed by atoms with Gasteiger partial charge in [-0.2, -0.15) is 0 Å². The van der Waals surface area contributed by atoms with Crippen LogP contribution in [0.5, 0.6) is 0 Å². The van der Waals surface area contributed by atoms with Crippen LogP contribution in [0.4, 0.5) is 0 Å². The Morgan fingerprint density at radius 1 is 1.00 bits per heavy atom. The molecule has 0 atom stereocenters. The summed E-state index contributed by atoms with van der Waals surface area (Å²) in [5.74, 6) is 0.699. The number of rotatable bonds is 1. The van der Waals surface area contributed by atoms with E-state index in [0.29, 0.717) is 10.8 Å². The molecule has 0 aliphatic carbocycles. The highest BCUT2D eigenvalue weighted by molar-refractivity contribution is 9.10. The Bertz CT molecular complexity index is 381. The van der Waals surface area contributed by atoms with Crippen LogP contribution in [0.25, 0.3) is 11.4 Å². The van der Waals surface area contributed by atoms with Gasteiger partial charge in [-0.05, 0) is 40.2 Å². The lowest BCUT2D eigenvalue weighted by Crippen LogP contribution is -1.86. The summed E-state index contributed by atoms with van der Waals surface area (Å²) in [4.78, 5) is 8.35. The van der Waals surface area contributed by atoms with Crippen molar-refractivity contribution in [3.8, 4) is 11.4 Å². The summed E-state index contributed by atoms with van der Waals surface area (Å²) in [6, 6.07) is 7.43. The summed E-state index contributed by atoms with van der Waals surface area (Å²) in [6.45, 7) is 0. The number of aromatic nitrogens is 2. The normalized spacial score (nSPS) is 10.1. The van der Waals surface area contributed by atoms with Gasteiger partial charge in [-0.1, -0.05) is 11.6 Å². The van der Waals surface area contributed by atoms with Gasteiger partial charge in [0.05, 0.1) is 4.47 Å². The van der Waals surface area contributed by atoms with Crippen LogP contribution in [0, 0.1) is 0 Å². The van der Waals surface area contributed by atoms with Gasteiger partial charge in [-0.15, -0.1) is 0 Å². The first-order valence-electron chi connectivity index (χ1n) is 3.99. The van der Waals surface area contributed by atoms with E-state index in [4.69, 9.17) is 11.6 Å². The largest absolute Gasteiger partial charge is 0.235 e.